The average molecular weight is 421 g/mol. The van der Waals surface area contributed by atoms with Crippen LogP contribution >= 0.6 is 0 Å². The summed E-state index contributed by atoms with van der Waals surface area (Å²) in [7, 11) is 0. The number of hydrogen-bond donors (Lipinski definition) is 4. The summed E-state index contributed by atoms with van der Waals surface area (Å²) >= 11 is 0. The van der Waals surface area contributed by atoms with Crippen LogP contribution in [0.3, 0.4) is 0 Å². The van der Waals surface area contributed by atoms with E-state index in [1.54, 1.807) is 11.1 Å². The Kier molecular flexibility index (Phi) is 5.87. The number of aliphatic hydroxyl groups excluding tert-OH is 2. The summed E-state index contributed by atoms with van der Waals surface area (Å²) in [6.45, 7) is 3.30. The number of H-pyrrole nitrogens is 1. The molecule has 1 aliphatic carbocycles. The van der Waals surface area contributed by atoms with E-state index in [1.165, 1.54) is 6.20 Å². The lowest BCUT2D eigenvalue weighted by molar-refractivity contribution is -0.206. The summed E-state index contributed by atoms with van der Waals surface area (Å²) in [5, 5.41) is 30.6. The number of hydrogen-bond acceptors (Lipinski definition) is 6. The molecule has 0 unspecified atom stereocenters. The van der Waals surface area contributed by atoms with E-state index in [-0.39, 0.29) is 23.8 Å². The molecule has 3 fully saturated rings. The second kappa shape index (κ2) is 8.28. The summed E-state index contributed by atoms with van der Waals surface area (Å²) in [5.74, 6) is -0.252. The van der Waals surface area contributed by atoms with Crippen molar-refractivity contribution in [1.29, 1.82) is 0 Å². The van der Waals surface area contributed by atoms with Gasteiger partial charge in [0.1, 0.15) is 6.10 Å². The van der Waals surface area contributed by atoms with E-state index in [0.717, 1.165) is 0 Å². The van der Waals surface area contributed by atoms with Gasteiger partial charge in [-0.1, -0.05) is 0 Å². The Bertz CT molecular complexity index is 753. The molecule has 0 radical (unpaired) electrons. The van der Waals surface area contributed by atoms with Gasteiger partial charge >= 0.3 is 0 Å². The maximum absolute atomic E-state index is 12.9. The first-order chi connectivity index (χ1) is 14.3. The van der Waals surface area contributed by atoms with Gasteiger partial charge in [0, 0.05) is 31.8 Å². The Hall–Kier alpha value is -1.97. The van der Waals surface area contributed by atoms with Crippen LogP contribution in [-0.4, -0.2) is 80.2 Å². The fraction of sp³-hybridized carbons (Fsp3) is 0.762. The maximum Gasteiger partial charge on any atom is 0.257 e. The van der Waals surface area contributed by atoms with Crippen LogP contribution in [0.4, 0.5) is 0 Å². The van der Waals surface area contributed by atoms with Gasteiger partial charge in [0.2, 0.25) is 5.91 Å². The number of carbonyl (C=O) groups excluding carboxylic acids is 2. The molecule has 9 heteroatoms. The highest BCUT2D eigenvalue weighted by Gasteiger charge is 2.54. The standard InChI is InChI=1S/C21H32N4O5/c1-20(24-17(27)14-2-4-16(26)5-3-14)8-11-30-21(19(20)29)6-9-25(10-7-21)18(28)15-12-22-23-13-15/h12-14,16,19,26,29H,2-11H2,1H3,(H,22,23)(H,24,27)/t14?,16?,19-,20+/m0/s1. The monoisotopic (exact) mass is 420 g/mol. The van der Waals surface area contributed by atoms with Crippen LogP contribution in [0.1, 0.15) is 62.2 Å². The largest absolute Gasteiger partial charge is 0.393 e. The highest BCUT2D eigenvalue weighted by Crippen LogP contribution is 2.40. The van der Waals surface area contributed by atoms with E-state index in [9.17, 15) is 19.8 Å². The van der Waals surface area contributed by atoms with Crippen LogP contribution in [0.2, 0.25) is 0 Å². The zero-order chi connectivity index (χ0) is 21.4. The molecule has 1 saturated carbocycles. The molecule has 9 nitrogen and oxygen atoms in total. The van der Waals surface area contributed by atoms with Crippen LogP contribution in [0.5, 0.6) is 0 Å². The average Bonchev–Trinajstić information content (AvgIpc) is 3.27. The molecule has 30 heavy (non-hydrogen) atoms. The van der Waals surface area contributed by atoms with E-state index in [2.05, 4.69) is 15.5 Å². The number of carbonyl (C=O) groups is 2. The first kappa shape index (κ1) is 21.3. The molecule has 2 aliphatic heterocycles. The number of nitrogens with one attached hydrogen (secondary N) is 2. The van der Waals surface area contributed by atoms with E-state index >= 15 is 0 Å². The quantitative estimate of drug-likeness (QED) is 0.567. The van der Waals surface area contributed by atoms with E-state index in [4.69, 9.17) is 4.74 Å². The number of likely N-dealkylation sites (tertiary alicyclic amines) is 1. The summed E-state index contributed by atoms with van der Waals surface area (Å²) < 4.78 is 6.08. The van der Waals surface area contributed by atoms with Crippen molar-refractivity contribution in [1.82, 2.24) is 20.4 Å². The van der Waals surface area contributed by atoms with Crippen molar-refractivity contribution in [2.75, 3.05) is 19.7 Å². The Morgan fingerprint density at radius 3 is 2.53 bits per heavy atom. The molecule has 166 valence electrons. The summed E-state index contributed by atoms with van der Waals surface area (Å²) in [6, 6.07) is 0. The van der Waals surface area contributed by atoms with Gasteiger partial charge in [0.25, 0.3) is 5.91 Å². The predicted molar refractivity (Wildman–Crippen MR) is 108 cm³/mol. The Morgan fingerprint density at radius 2 is 1.90 bits per heavy atom. The van der Waals surface area contributed by atoms with Gasteiger partial charge < -0.3 is 25.2 Å². The van der Waals surface area contributed by atoms with Crippen molar-refractivity contribution in [2.24, 2.45) is 5.92 Å². The smallest absolute Gasteiger partial charge is 0.257 e. The Labute approximate surface area is 176 Å². The zero-order valence-electron chi connectivity index (χ0n) is 17.5. The number of aromatic nitrogens is 2. The first-order valence-corrected chi connectivity index (χ1v) is 10.9. The minimum absolute atomic E-state index is 0.0481. The summed E-state index contributed by atoms with van der Waals surface area (Å²) in [5.41, 5.74) is -1.02. The molecule has 3 aliphatic rings. The number of piperidine rings is 1. The van der Waals surface area contributed by atoms with Gasteiger partial charge in [-0.3, -0.25) is 14.7 Å². The van der Waals surface area contributed by atoms with Gasteiger partial charge in [-0.2, -0.15) is 5.10 Å². The molecule has 2 atom stereocenters. The predicted octanol–water partition coefficient (Wildman–Crippen LogP) is 0.592. The Balaban J connectivity index is 1.39. The number of aromatic amines is 1. The molecule has 0 bridgehead atoms. The summed E-state index contributed by atoms with van der Waals surface area (Å²) in [4.78, 5) is 27.2. The number of nitrogens with zero attached hydrogens (tertiary/aromatic N) is 2. The fourth-order valence-corrected chi connectivity index (χ4v) is 5.17. The molecule has 4 N–H and O–H groups in total. The molecule has 1 aromatic rings. The first-order valence-electron chi connectivity index (χ1n) is 10.9. The molecule has 1 spiro atoms. The van der Waals surface area contributed by atoms with Crippen molar-refractivity contribution in [3.05, 3.63) is 18.0 Å². The van der Waals surface area contributed by atoms with E-state index in [1.807, 2.05) is 6.92 Å². The third kappa shape index (κ3) is 3.98. The fourth-order valence-electron chi connectivity index (χ4n) is 5.17. The van der Waals surface area contributed by atoms with Gasteiger partial charge in [-0.05, 0) is 51.9 Å². The number of amides is 2. The maximum atomic E-state index is 12.9. The third-order valence-corrected chi connectivity index (χ3v) is 7.23. The number of rotatable bonds is 3. The van der Waals surface area contributed by atoms with Crippen molar-refractivity contribution >= 4 is 11.8 Å². The molecule has 2 saturated heterocycles. The molecular formula is C21H32N4O5. The van der Waals surface area contributed by atoms with Gasteiger partial charge in [0.15, 0.2) is 0 Å². The van der Waals surface area contributed by atoms with Crippen LogP contribution in [0.25, 0.3) is 0 Å². The van der Waals surface area contributed by atoms with Crippen LogP contribution in [0, 0.1) is 5.92 Å². The lowest BCUT2D eigenvalue weighted by atomic mass is 9.72. The molecule has 3 heterocycles. The molecular weight excluding hydrogens is 388 g/mol. The normalized spacial score (nSPS) is 34.0. The third-order valence-electron chi connectivity index (χ3n) is 7.23. The van der Waals surface area contributed by atoms with Crippen molar-refractivity contribution in [3.63, 3.8) is 0 Å². The van der Waals surface area contributed by atoms with Crippen molar-refractivity contribution < 1.29 is 24.5 Å². The lowest BCUT2D eigenvalue weighted by Crippen LogP contribution is -2.69. The molecule has 0 aromatic carbocycles. The second-order valence-corrected chi connectivity index (χ2v) is 9.26. The van der Waals surface area contributed by atoms with E-state index in [0.29, 0.717) is 70.2 Å². The highest BCUT2D eigenvalue weighted by atomic mass is 16.5. The van der Waals surface area contributed by atoms with Crippen molar-refractivity contribution in [2.45, 2.75) is 75.2 Å². The minimum Gasteiger partial charge on any atom is -0.393 e. The molecule has 4 rings (SSSR count). The van der Waals surface area contributed by atoms with Crippen LogP contribution in [-0.2, 0) is 9.53 Å². The lowest BCUT2D eigenvalue weighted by Gasteiger charge is -2.53. The highest BCUT2D eigenvalue weighted by molar-refractivity contribution is 5.93. The zero-order valence-corrected chi connectivity index (χ0v) is 17.5. The van der Waals surface area contributed by atoms with Gasteiger partial charge in [-0.15, -0.1) is 0 Å². The molecule has 1 aromatic heterocycles. The minimum atomic E-state index is -0.858. The Morgan fingerprint density at radius 1 is 1.20 bits per heavy atom. The van der Waals surface area contributed by atoms with Gasteiger partial charge in [-0.25, -0.2) is 0 Å². The second-order valence-electron chi connectivity index (χ2n) is 9.26. The van der Waals surface area contributed by atoms with Crippen molar-refractivity contribution in [3.8, 4) is 0 Å². The van der Waals surface area contributed by atoms with Gasteiger partial charge in [0.05, 0.1) is 29.0 Å². The number of ether oxygens (including phenoxy) is 1. The topological polar surface area (TPSA) is 128 Å². The molecule has 2 amide bonds. The number of aliphatic hydroxyl groups is 2. The summed E-state index contributed by atoms with van der Waals surface area (Å²) in [6.07, 6.45) is 6.12. The van der Waals surface area contributed by atoms with Crippen LogP contribution < -0.4 is 5.32 Å². The van der Waals surface area contributed by atoms with Crippen LogP contribution in [0.15, 0.2) is 12.4 Å². The SMILES string of the molecule is C[C@@]1(NC(=O)C2CCC(O)CC2)CCOC2(CCN(C(=O)c3cn[nH]c3)CC2)[C@H]1O. The van der Waals surface area contributed by atoms with E-state index < -0.39 is 17.2 Å².